The van der Waals surface area contributed by atoms with Crippen molar-refractivity contribution in [3.05, 3.63) is 17.4 Å². The number of nitrogens with one attached hydrogen (secondary N) is 1. The minimum Gasteiger partial charge on any atom is -0.396 e. The van der Waals surface area contributed by atoms with Crippen molar-refractivity contribution in [2.24, 2.45) is 11.3 Å². The summed E-state index contributed by atoms with van der Waals surface area (Å²) in [6, 6.07) is 1.01. The third-order valence-electron chi connectivity index (χ3n) is 3.83. The first-order valence-electron chi connectivity index (χ1n) is 6.63. The van der Waals surface area contributed by atoms with Gasteiger partial charge in [-0.25, -0.2) is 0 Å². The SMILES string of the molecule is CC(C)=C=CC(C)(C)C(C)NC1CC(CO)C1. The lowest BCUT2D eigenvalue weighted by Crippen LogP contribution is -2.50. The lowest BCUT2D eigenvalue weighted by Gasteiger charge is -2.40. The van der Waals surface area contributed by atoms with Crippen LogP contribution >= 0.6 is 0 Å². The summed E-state index contributed by atoms with van der Waals surface area (Å²) >= 11 is 0. The third-order valence-corrected chi connectivity index (χ3v) is 3.83. The van der Waals surface area contributed by atoms with Crippen LogP contribution in [0, 0.1) is 11.3 Å². The molecule has 2 heteroatoms. The van der Waals surface area contributed by atoms with E-state index in [0.717, 1.165) is 12.8 Å². The molecule has 1 rings (SSSR count). The molecule has 98 valence electrons. The van der Waals surface area contributed by atoms with Gasteiger partial charge < -0.3 is 10.4 Å². The molecule has 1 saturated carbocycles. The zero-order chi connectivity index (χ0) is 13.1. The first-order chi connectivity index (χ1) is 7.85. The lowest BCUT2D eigenvalue weighted by atomic mass is 9.78. The number of hydrogen-bond acceptors (Lipinski definition) is 2. The maximum absolute atomic E-state index is 9.00. The van der Waals surface area contributed by atoms with Gasteiger partial charge in [-0.15, -0.1) is 5.73 Å². The van der Waals surface area contributed by atoms with Crippen LogP contribution in [0.5, 0.6) is 0 Å². The Morgan fingerprint density at radius 1 is 1.47 bits per heavy atom. The number of rotatable bonds is 5. The van der Waals surface area contributed by atoms with E-state index in [-0.39, 0.29) is 5.41 Å². The molecule has 0 aliphatic heterocycles. The van der Waals surface area contributed by atoms with Crippen molar-refractivity contribution in [3.8, 4) is 0 Å². The Hall–Kier alpha value is -0.560. The zero-order valence-electron chi connectivity index (χ0n) is 11.9. The maximum atomic E-state index is 9.00. The predicted molar refractivity (Wildman–Crippen MR) is 72.9 cm³/mol. The maximum Gasteiger partial charge on any atom is 0.0460 e. The topological polar surface area (TPSA) is 32.3 Å². The fraction of sp³-hybridized carbons (Fsp3) is 0.800. The molecule has 2 nitrogen and oxygen atoms in total. The van der Waals surface area contributed by atoms with Gasteiger partial charge in [0.15, 0.2) is 0 Å². The molecule has 0 bridgehead atoms. The van der Waals surface area contributed by atoms with Crippen LogP contribution in [0.3, 0.4) is 0 Å². The Morgan fingerprint density at radius 3 is 2.53 bits per heavy atom. The van der Waals surface area contributed by atoms with E-state index >= 15 is 0 Å². The molecule has 0 aromatic carbocycles. The van der Waals surface area contributed by atoms with E-state index in [1.807, 2.05) is 0 Å². The summed E-state index contributed by atoms with van der Waals surface area (Å²) in [5.74, 6) is 0.524. The van der Waals surface area contributed by atoms with Crippen molar-refractivity contribution in [1.29, 1.82) is 0 Å². The molecular formula is C15H27NO. The van der Waals surface area contributed by atoms with Gasteiger partial charge in [0.25, 0.3) is 0 Å². The molecular weight excluding hydrogens is 210 g/mol. The monoisotopic (exact) mass is 237 g/mol. The van der Waals surface area contributed by atoms with E-state index < -0.39 is 0 Å². The molecule has 1 fully saturated rings. The van der Waals surface area contributed by atoms with E-state index in [2.05, 4.69) is 51.7 Å². The molecule has 0 amide bonds. The number of aliphatic hydroxyl groups is 1. The quantitative estimate of drug-likeness (QED) is 0.721. The van der Waals surface area contributed by atoms with Crippen molar-refractivity contribution >= 4 is 0 Å². The highest BCUT2D eigenvalue weighted by molar-refractivity contribution is 5.04. The molecule has 17 heavy (non-hydrogen) atoms. The van der Waals surface area contributed by atoms with Gasteiger partial charge in [0.05, 0.1) is 0 Å². The van der Waals surface area contributed by atoms with Crippen LogP contribution in [0.15, 0.2) is 17.4 Å². The van der Waals surface area contributed by atoms with Crippen LogP contribution in [0.4, 0.5) is 0 Å². The van der Waals surface area contributed by atoms with Crippen LogP contribution in [0.2, 0.25) is 0 Å². The van der Waals surface area contributed by atoms with Gasteiger partial charge in [-0.05, 0) is 51.2 Å². The fourth-order valence-corrected chi connectivity index (χ4v) is 2.04. The van der Waals surface area contributed by atoms with Gasteiger partial charge in [0, 0.05) is 24.1 Å². The van der Waals surface area contributed by atoms with Crippen molar-refractivity contribution < 1.29 is 5.11 Å². The van der Waals surface area contributed by atoms with E-state index in [0.29, 0.717) is 24.6 Å². The largest absolute Gasteiger partial charge is 0.396 e. The van der Waals surface area contributed by atoms with Gasteiger partial charge in [-0.1, -0.05) is 13.8 Å². The summed E-state index contributed by atoms with van der Waals surface area (Å²) in [4.78, 5) is 0. The van der Waals surface area contributed by atoms with E-state index in [4.69, 9.17) is 5.11 Å². The zero-order valence-corrected chi connectivity index (χ0v) is 11.9. The Balaban J connectivity index is 2.47. The molecule has 2 N–H and O–H groups in total. The average Bonchev–Trinajstić information content (AvgIpc) is 2.19. The Morgan fingerprint density at radius 2 is 2.06 bits per heavy atom. The molecule has 0 radical (unpaired) electrons. The summed E-state index contributed by atoms with van der Waals surface area (Å²) in [7, 11) is 0. The molecule has 0 aromatic rings. The summed E-state index contributed by atoms with van der Waals surface area (Å²) < 4.78 is 0. The molecule has 0 saturated heterocycles. The smallest absolute Gasteiger partial charge is 0.0460 e. The normalized spacial score (nSPS) is 25.8. The Kier molecular flexibility index (Phi) is 5.00. The third kappa shape index (κ3) is 4.31. The first kappa shape index (κ1) is 14.5. The van der Waals surface area contributed by atoms with Crippen LogP contribution in [0.1, 0.15) is 47.5 Å². The molecule has 1 aliphatic carbocycles. The predicted octanol–water partition coefficient (Wildman–Crippen LogP) is 2.88. The highest BCUT2D eigenvalue weighted by Crippen LogP contribution is 2.30. The van der Waals surface area contributed by atoms with Crippen molar-refractivity contribution in [2.75, 3.05) is 6.61 Å². The van der Waals surface area contributed by atoms with E-state index in [1.165, 1.54) is 5.57 Å². The van der Waals surface area contributed by atoms with Crippen molar-refractivity contribution in [3.63, 3.8) is 0 Å². The Bertz CT molecular complexity index is 303. The van der Waals surface area contributed by atoms with Crippen LogP contribution in [-0.2, 0) is 0 Å². The molecule has 1 atom stereocenters. The molecule has 0 heterocycles. The lowest BCUT2D eigenvalue weighted by molar-refractivity contribution is 0.112. The second-order valence-electron chi connectivity index (χ2n) is 6.22. The molecule has 1 aliphatic rings. The van der Waals surface area contributed by atoms with E-state index in [9.17, 15) is 0 Å². The van der Waals surface area contributed by atoms with Gasteiger partial charge in [-0.3, -0.25) is 0 Å². The fourth-order valence-electron chi connectivity index (χ4n) is 2.04. The molecule has 0 spiro atoms. The number of aliphatic hydroxyl groups excluding tert-OH is 1. The van der Waals surface area contributed by atoms with Crippen molar-refractivity contribution in [1.82, 2.24) is 5.32 Å². The Labute approximate surface area is 106 Å². The average molecular weight is 237 g/mol. The van der Waals surface area contributed by atoms with Crippen LogP contribution < -0.4 is 5.32 Å². The van der Waals surface area contributed by atoms with Gasteiger partial charge in [-0.2, -0.15) is 0 Å². The van der Waals surface area contributed by atoms with Crippen LogP contribution in [0.25, 0.3) is 0 Å². The van der Waals surface area contributed by atoms with Gasteiger partial charge >= 0.3 is 0 Å². The minimum atomic E-state index is 0.113. The molecule has 1 unspecified atom stereocenters. The summed E-state index contributed by atoms with van der Waals surface area (Å²) in [5.41, 5.74) is 4.64. The molecule has 0 aromatic heterocycles. The first-order valence-corrected chi connectivity index (χ1v) is 6.63. The highest BCUT2D eigenvalue weighted by atomic mass is 16.3. The number of hydrogen-bond donors (Lipinski definition) is 2. The van der Waals surface area contributed by atoms with E-state index in [1.54, 1.807) is 0 Å². The van der Waals surface area contributed by atoms with Crippen molar-refractivity contribution in [2.45, 2.75) is 59.5 Å². The van der Waals surface area contributed by atoms with Crippen LogP contribution in [-0.4, -0.2) is 23.8 Å². The van der Waals surface area contributed by atoms with Gasteiger partial charge in [0.2, 0.25) is 0 Å². The second kappa shape index (κ2) is 5.86. The highest BCUT2D eigenvalue weighted by Gasteiger charge is 2.32. The summed E-state index contributed by atoms with van der Waals surface area (Å²) in [5, 5.41) is 12.6. The summed E-state index contributed by atoms with van der Waals surface area (Å²) in [6.07, 6.45) is 4.40. The minimum absolute atomic E-state index is 0.113. The van der Waals surface area contributed by atoms with Gasteiger partial charge in [0.1, 0.15) is 0 Å². The standard InChI is InChI=1S/C15H27NO/c1-11(2)6-7-15(4,5)12(3)16-14-8-13(9-14)10-17/h7,12-14,16-17H,8-10H2,1-5H3. The summed E-state index contributed by atoms with van der Waals surface area (Å²) in [6.45, 7) is 11.2. The second-order valence-corrected chi connectivity index (χ2v) is 6.22.